The van der Waals surface area contributed by atoms with E-state index in [4.69, 9.17) is 17.2 Å². The predicted octanol–water partition coefficient (Wildman–Crippen LogP) is 1.75. The van der Waals surface area contributed by atoms with Gasteiger partial charge < -0.3 is 27.8 Å². The highest BCUT2D eigenvalue weighted by Gasteiger charge is 2.37. The van der Waals surface area contributed by atoms with Crippen LogP contribution < -0.4 is 27.8 Å². The van der Waals surface area contributed by atoms with Gasteiger partial charge in [-0.25, -0.2) is 0 Å². The van der Waals surface area contributed by atoms with Crippen LogP contribution in [0.15, 0.2) is 65.8 Å². The fraction of sp³-hybridized carbons (Fsp3) is 0.455. The molecule has 0 unspecified atom stereocenters. The molecule has 0 bridgehead atoms. The molecule has 12 heteroatoms. The molecule has 1 aromatic heterocycles. The van der Waals surface area contributed by atoms with Gasteiger partial charge in [-0.15, -0.1) is 0 Å². The van der Waals surface area contributed by atoms with Crippen LogP contribution in [0.4, 0.5) is 0 Å². The summed E-state index contributed by atoms with van der Waals surface area (Å²) in [5.41, 5.74) is 18.2. The van der Waals surface area contributed by atoms with E-state index in [2.05, 4.69) is 20.6 Å². The Morgan fingerprint density at radius 2 is 1.69 bits per heavy atom. The molecule has 4 amide bonds. The number of nitrogens with one attached hydrogen (secondary N) is 2. The normalized spacial score (nSPS) is 13.2. The van der Waals surface area contributed by atoms with Crippen molar-refractivity contribution < 1.29 is 19.2 Å². The van der Waals surface area contributed by atoms with Crippen molar-refractivity contribution in [1.29, 1.82) is 0 Å². The Morgan fingerprint density at radius 3 is 2.29 bits per heavy atom. The molecule has 2 aromatic rings. The van der Waals surface area contributed by atoms with Crippen molar-refractivity contribution in [2.75, 3.05) is 13.1 Å². The summed E-state index contributed by atoms with van der Waals surface area (Å²) >= 11 is 0. The van der Waals surface area contributed by atoms with E-state index in [-0.39, 0.29) is 43.1 Å². The van der Waals surface area contributed by atoms with Gasteiger partial charge in [-0.2, -0.15) is 0 Å². The number of nitrogens with zero attached hydrogens (tertiary/aromatic N) is 3. The van der Waals surface area contributed by atoms with Crippen LogP contribution in [0.3, 0.4) is 0 Å². The number of aromatic nitrogens is 1. The number of hydrogen-bond acceptors (Lipinski definition) is 7. The summed E-state index contributed by atoms with van der Waals surface area (Å²) in [6, 6.07) is 11.9. The maximum atomic E-state index is 14.3. The summed E-state index contributed by atoms with van der Waals surface area (Å²) in [6.45, 7) is 7.90. The summed E-state index contributed by atoms with van der Waals surface area (Å²) in [4.78, 5) is 63.3. The van der Waals surface area contributed by atoms with Crippen molar-refractivity contribution in [2.24, 2.45) is 34.0 Å². The smallest absolute Gasteiger partial charge is 0.252 e. The molecule has 2 rings (SSSR count). The second-order valence-corrected chi connectivity index (χ2v) is 11.6. The van der Waals surface area contributed by atoms with E-state index < -0.39 is 35.8 Å². The third kappa shape index (κ3) is 13.3. The minimum absolute atomic E-state index is 0.00501. The SMILES string of the molecule is CC(C)C[C@H](NC(=O)[C@@H](N)CCCN=C(N)N)C(=O)N(C(=O)Cc1ccccn1)[C@H](CNC(=O)/C=C/c1ccccc1)C(C)C. The number of rotatable bonds is 17. The standard InChI is InChI=1S/C33H48N8O4/c1-22(2)19-27(40-31(44)26(34)14-10-18-38-33(35)36)32(45)41(30(43)20-25-13-8-9-17-37-25)28(23(3)4)21-39-29(42)16-15-24-11-6-5-7-12-24/h5-9,11-13,15-17,22-23,26-28H,10,14,18-21,34H2,1-4H3,(H,39,42)(H,40,44)(H4,35,36,38)/b16-15+/t26-,27-,28+/m0/s1. The molecule has 0 saturated heterocycles. The summed E-state index contributed by atoms with van der Waals surface area (Å²) in [5.74, 6) is -2.22. The average molecular weight is 621 g/mol. The van der Waals surface area contributed by atoms with Gasteiger partial charge in [0.1, 0.15) is 6.04 Å². The third-order valence-corrected chi connectivity index (χ3v) is 7.00. The van der Waals surface area contributed by atoms with Crippen LogP contribution in [0.2, 0.25) is 0 Å². The van der Waals surface area contributed by atoms with Crippen LogP contribution in [-0.2, 0) is 25.6 Å². The Kier molecular flexibility index (Phi) is 15.4. The number of benzene rings is 1. The quantitative estimate of drug-likeness (QED) is 0.0762. The van der Waals surface area contributed by atoms with E-state index in [1.54, 1.807) is 30.5 Å². The minimum atomic E-state index is -1.02. The molecule has 0 radical (unpaired) electrons. The Labute approximate surface area is 265 Å². The summed E-state index contributed by atoms with van der Waals surface area (Å²) < 4.78 is 0. The summed E-state index contributed by atoms with van der Waals surface area (Å²) in [5, 5.41) is 5.63. The van der Waals surface area contributed by atoms with Crippen LogP contribution in [0.5, 0.6) is 0 Å². The molecule has 0 aliphatic heterocycles. The lowest BCUT2D eigenvalue weighted by atomic mass is 9.97. The lowest BCUT2D eigenvalue weighted by molar-refractivity contribution is -0.151. The van der Waals surface area contributed by atoms with Gasteiger partial charge in [0.2, 0.25) is 17.7 Å². The number of carbonyl (C=O) groups is 4. The van der Waals surface area contributed by atoms with Gasteiger partial charge in [0.05, 0.1) is 18.5 Å². The van der Waals surface area contributed by atoms with Crippen LogP contribution in [-0.4, -0.2) is 70.7 Å². The zero-order valence-corrected chi connectivity index (χ0v) is 26.7. The molecular formula is C33H48N8O4. The van der Waals surface area contributed by atoms with Crippen molar-refractivity contribution >= 4 is 35.7 Å². The molecule has 12 nitrogen and oxygen atoms in total. The van der Waals surface area contributed by atoms with E-state index in [0.29, 0.717) is 25.1 Å². The molecule has 0 saturated carbocycles. The monoisotopic (exact) mass is 620 g/mol. The number of carbonyl (C=O) groups excluding carboxylic acids is 4. The lowest BCUT2D eigenvalue weighted by Gasteiger charge is -2.36. The van der Waals surface area contributed by atoms with Crippen molar-refractivity contribution in [1.82, 2.24) is 20.5 Å². The molecule has 45 heavy (non-hydrogen) atoms. The highest BCUT2D eigenvalue weighted by molar-refractivity contribution is 6.01. The Bertz CT molecular complexity index is 1290. The Morgan fingerprint density at radius 1 is 1.00 bits per heavy atom. The predicted molar refractivity (Wildman–Crippen MR) is 176 cm³/mol. The molecular weight excluding hydrogens is 572 g/mol. The Hall–Kier alpha value is -4.58. The van der Waals surface area contributed by atoms with Crippen LogP contribution in [0.25, 0.3) is 6.08 Å². The van der Waals surface area contributed by atoms with Crippen molar-refractivity contribution in [2.45, 2.75) is 71.5 Å². The largest absolute Gasteiger partial charge is 0.370 e. The third-order valence-electron chi connectivity index (χ3n) is 7.00. The van der Waals surface area contributed by atoms with E-state index in [0.717, 1.165) is 5.56 Å². The van der Waals surface area contributed by atoms with Gasteiger partial charge >= 0.3 is 0 Å². The van der Waals surface area contributed by atoms with E-state index in [9.17, 15) is 19.2 Å². The average Bonchev–Trinajstić information content (AvgIpc) is 2.99. The second-order valence-electron chi connectivity index (χ2n) is 11.6. The fourth-order valence-corrected chi connectivity index (χ4v) is 4.63. The van der Waals surface area contributed by atoms with E-state index in [1.165, 1.54) is 11.0 Å². The molecule has 0 aliphatic rings. The van der Waals surface area contributed by atoms with Gasteiger partial charge in [0, 0.05) is 31.1 Å². The van der Waals surface area contributed by atoms with Gasteiger partial charge in [0.15, 0.2) is 5.96 Å². The zero-order valence-electron chi connectivity index (χ0n) is 26.7. The molecule has 0 spiro atoms. The van der Waals surface area contributed by atoms with Crippen LogP contribution in [0, 0.1) is 11.8 Å². The molecule has 0 fully saturated rings. The highest BCUT2D eigenvalue weighted by Crippen LogP contribution is 2.18. The molecule has 1 aromatic carbocycles. The van der Waals surface area contributed by atoms with Crippen LogP contribution in [0.1, 0.15) is 58.2 Å². The molecule has 3 atom stereocenters. The topological polar surface area (TPSA) is 199 Å². The van der Waals surface area contributed by atoms with Gasteiger partial charge in [0.25, 0.3) is 5.91 Å². The molecule has 0 aliphatic carbocycles. The number of imide groups is 1. The number of hydrogen-bond donors (Lipinski definition) is 5. The summed E-state index contributed by atoms with van der Waals surface area (Å²) in [6.07, 6.45) is 5.57. The fourth-order valence-electron chi connectivity index (χ4n) is 4.63. The molecule has 1 heterocycles. The van der Waals surface area contributed by atoms with Crippen molar-refractivity contribution in [3.63, 3.8) is 0 Å². The van der Waals surface area contributed by atoms with Crippen molar-refractivity contribution in [3.8, 4) is 0 Å². The van der Waals surface area contributed by atoms with E-state index >= 15 is 0 Å². The van der Waals surface area contributed by atoms with Crippen molar-refractivity contribution in [3.05, 3.63) is 72.1 Å². The van der Waals surface area contributed by atoms with Gasteiger partial charge in [-0.1, -0.05) is 64.1 Å². The molecule has 244 valence electrons. The van der Waals surface area contributed by atoms with Gasteiger partial charge in [-0.3, -0.25) is 34.1 Å². The van der Waals surface area contributed by atoms with Gasteiger partial charge in [-0.05, 0) is 54.9 Å². The highest BCUT2D eigenvalue weighted by atomic mass is 16.2. The first kappa shape index (κ1) is 36.6. The summed E-state index contributed by atoms with van der Waals surface area (Å²) in [7, 11) is 0. The number of amides is 4. The first-order valence-corrected chi connectivity index (χ1v) is 15.3. The number of aliphatic imine (C=N–C) groups is 1. The number of pyridine rings is 1. The number of guanidine groups is 1. The molecule has 8 N–H and O–H groups in total. The first-order chi connectivity index (χ1) is 21.4. The van der Waals surface area contributed by atoms with E-state index in [1.807, 2.05) is 58.0 Å². The zero-order chi connectivity index (χ0) is 33.4. The first-order valence-electron chi connectivity index (χ1n) is 15.3. The number of nitrogens with two attached hydrogens (primary N) is 3. The maximum absolute atomic E-state index is 14.3. The lowest BCUT2D eigenvalue weighted by Crippen LogP contribution is -2.59. The van der Waals surface area contributed by atoms with Crippen LogP contribution >= 0.6 is 0 Å². The Balaban J connectivity index is 2.32. The second kappa shape index (κ2) is 18.9. The maximum Gasteiger partial charge on any atom is 0.252 e. The minimum Gasteiger partial charge on any atom is -0.370 e.